The first-order valence-electron chi connectivity index (χ1n) is 16.8. The SMILES string of the molecule is C=C(C)C(=O)OCCCCCCOc1ccc(C(=O)Oc2ccc(C(=O)Oc3ccc(/C=C/C(=O)OCC4CCCC4)cc3OC)cc2)cc1. The van der Waals surface area contributed by atoms with E-state index in [1.54, 1.807) is 55.5 Å². The standard InChI is InChI=1S/C40H44O10/c1-28(2)38(42)47-25-9-5-4-8-24-46-33-18-14-31(15-19-33)39(43)49-34-20-16-32(17-21-34)40(44)50-35-22-12-29(26-36(35)45-3)13-23-37(41)48-27-30-10-6-7-11-30/h12-23,26,30H,1,4-11,24-25,27H2,2-3H3/b23-13+. The van der Waals surface area contributed by atoms with E-state index in [1.807, 2.05) is 0 Å². The molecule has 4 rings (SSSR count). The van der Waals surface area contributed by atoms with Crippen molar-refractivity contribution in [1.82, 2.24) is 0 Å². The predicted octanol–water partition coefficient (Wildman–Crippen LogP) is 7.94. The first kappa shape index (κ1) is 37.4. The van der Waals surface area contributed by atoms with Crippen molar-refractivity contribution in [3.63, 3.8) is 0 Å². The van der Waals surface area contributed by atoms with Crippen LogP contribution in [0.1, 0.15) is 84.6 Å². The third kappa shape index (κ3) is 12.3. The summed E-state index contributed by atoms with van der Waals surface area (Å²) in [5.74, 6) is -0.0740. The van der Waals surface area contributed by atoms with Crippen LogP contribution in [0.15, 0.2) is 85.0 Å². The van der Waals surface area contributed by atoms with Gasteiger partial charge in [0.25, 0.3) is 0 Å². The minimum atomic E-state index is -0.625. The third-order valence-electron chi connectivity index (χ3n) is 8.02. The van der Waals surface area contributed by atoms with Crippen LogP contribution in [0.5, 0.6) is 23.0 Å². The molecule has 0 atom stereocenters. The Morgan fingerprint density at radius 1 is 0.740 bits per heavy atom. The number of esters is 4. The van der Waals surface area contributed by atoms with Gasteiger partial charge in [0, 0.05) is 11.6 Å². The van der Waals surface area contributed by atoms with Gasteiger partial charge in [-0.05, 0) is 124 Å². The minimum absolute atomic E-state index is 0.209. The number of methoxy groups -OCH3 is 1. The second-order valence-corrected chi connectivity index (χ2v) is 12.0. The summed E-state index contributed by atoms with van der Waals surface area (Å²) in [6, 6.07) is 17.6. The lowest BCUT2D eigenvalue weighted by Crippen LogP contribution is -2.11. The van der Waals surface area contributed by atoms with Crippen molar-refractivity contribution in [2.24, 2.45) is 5.92 Å². The summed E-state index contributed by atoms with van der Waals surface area (Å²) in [5.41, 5.74) is 1.66. The smallest absolute Gasteiger partial charge is 0.343 e. The van der Waals surface area contributed by atoms with Crippen LogP contribution in [-0.4, -0.2) is 50.8 Å². The minimum Gasteiger partial charge on any atom is -0.494 e. The fraction of sp³-hybridized carbons (Fsp3) is 0.350. The molecule has 0 aromatic heterocycles. The maximum absolute atomic E-state index is 12.9. The average Bonchev–Trinajstić information content (AvgIpc) is 3.65. The van der Waals surface area contributed by atoms with E-state index in [9.17, 15) is 19.2 Å². The van der Waals surface area contributed by atoms with Crippen LogP contribution in [0.3, 0.4) is 0 Å². The van der Waals surface area contributed by atoms with Crippen LogP contribution in [0.25, 0.3) is 6.08 Å². The highest BCUT2D eigenvalue weighted by atomic mass is 16.6. The molecule has 0 heterocycles. The van der Waals surface area contributed by atoms with E-state index < -0.39 is 17.9 Å². The summed E-state index contributed by atoms with van der Waals surface area (Å²) >= 11 is 0. The van der Waals surface area contributed by atoms with Gasteiger partial charge in [0.2, 0.25) is 0 Å². The molecule has 0 unspecified atom stereocenters. The first-order chi connectivity index (χ1) is 24.2. The Kier molecular flexibility index (Phi) is 14.7. The predicted molar refractivity (Wildman–Crippen MR) is 187 cm³/mol. The average molecular weight is 685 g/mol. The summed E-state index contributed by atoms with van der Waals surface area (Å²) in [7, 11) is 1.46. The molecule has 1 aliphatic rings. The lowest BCUT2D eigenvalue weighted by Gasteiger charge is -2.11. The Labute approximate surface area is 293 Å². The summed E-state index contributed by atoms with van der Waals surface area (Å²) in [5, 5.41) is 0. The van der Waals surface area contributed by atoms with Gasteiger partial charge in [-0.3, -0.25) is 0 Å². The molecule has 1 fully saturated rings. The zero-order chi connectivity index (χ0) is 35.7. The van der Waals surface area contributed by atoms with Crippen LogP contribution in [0.2, 0.25) is 0 Å². The van der Waals surface area contributed by atoms with Crippen LogP contribution >= 0.6 is 0 Å². The van der Waals surface area contributed by atoms with Crippen molar-refractivity contribution in [3.05, 3.63) is 102 Å². The van der Waals surface area contributed by atoms with Crippen LogP contribution in [0.4, 0.5) is 0 Å². The van der Waals surface area contributed by atoms with Gasteiger partial charge in [-0.1, -0.05) is 25.5 Å². The van der Waals surface area contributed by atoms with Crippen LogP contribution < -0.4 is 18.9 Å². The van der Waals surface area contributed by atoms with Gasteiger partial charge < -0.3 is 28.4 Å². The Hall–Kier alpha value is -5.38. The lowest BCUT2D eigenvalue weighted by molar-refractivity contribution is -0.139. The molecule has 50 heavy (non-hydrogen) atoms. The van der Waals surface area contributed by atoms with E-state index in [0.29, 0.717) is 53.9 Å². The number of ether oxygens (including phenoxy) is 6. The quantitative estimate of drug-likeness (QED) is 0.0565. The highest BCUT2D eigenvalue weighted by Gasteiger charge is 2.17. The van der Waals surface area contributed by atoms with Crippen molar-refractivity contribution in [3.8, 4) is 23.0 Å². The number of hydrogen-bond acceptors (Lipinski definition) is 10. The number of unbranched alkanes of at least 4 members (excludes halogenated alkanes) is 3. The molecule has 0 radical (unpaired) electrons. The molecule has 3 aromatic rings. The highest BCUT2D eigenvalue weighted by molar-refractivity contribution is 5.93. The number of carbonyl (C=O) groups is 4. The van der Waals surface area contributed by atoms with E-state index in [2.05, 4.69) is 6.58 Å². The van der Waals surface area contributed by atoms with Crippen molar-refractivity contribution in [2.45, 2.75) is 58.3 Å². The van der Waals surface area contributed by atoms with Crippen molar-refractivity contribution in [2.75, 3.05) is 26.9 Å². The monoisotopic (exact) mass is 684 g/mol. The maximum Gasteiger partial charge on any atom is 0.343 e. The van der Waals surface area contributed by atoms with Crippen molar-refractivity contribution in [1.29, 1.82) is 0 Å². The van der Waals surface area contributed by atoms with E-state index in [-0.39, 0.29) is 23.0 Å². The van der Waals surface area contributed by atoms with Gasteiger partial charge in [-0.15, -0.1) is 0 Å². The second kappa shape index (κ2) is 19.6. The molecule has 0 amide bonds. The van der Waals surface area contributed by atoms with Crippen LogP contribution in [0, 0.1) is 5.92 Å². The molecule has 0 N–H and O–H groups in total. The number of carbonyl (C=O) groups excluding carboxylic acids is 4. The van der Waals surface area contributed by atoms with Crippen molar-refractivity contribution >= 4 is 30.0 Å². The van der Waals surface area contributed by atoms with Gasteiger partial charge in [0.15, 0.2) is 11.5 Å². The maximum atomic E-state index is 12.9. The molecule has 264 valence electrons. The van der Waals surface area contributed by atoms with E-state index >= 15 is 0 Å². The summed E-state index contributed by atoms with van der Waals surface area (Å²) in [4.78, 5) is 49.0. The molecule has 10 heteroatoms. The molecular formula is C40H44O10. The van der Waals surface area contributed by atoms with E-state index in [4.69, 9.17) is 28.4 Å². The van der Waals surface area contributed by atoms with E-state index in [1.165, 1.54) is 50.3 Å². The first-order valence-corrected chi connectivity index (χ1v) is 16.8. The van der Waals surface area contributed by atoms with Gasteiger partial charge in [-0.25, -0.2) is 19.2 Å². The zero-order valence-corrected chi connectivity index (χ0v) is 28.7. The molecule has 1 saturated carbocycles. The number of benzene rings is 3. The molecule has 0 aliphatic heterocycles. The van der Waals surface area contributed by atoms with Gasteiger partial charge >= 0.3 is 23.9 Å². The Morgan fingerprint density at radius 2 is 1.36 bits per heavy atom. The highest BCUT2D eigenvalue weighted by Crippen LogP contribution is 2.30. The van der Waals surface area contributed by atoms with Gasteiger partial charge in [0.05, 0.1) is 38.1 Å². The number of rotatable bonds is 18. The molecule has 0 saturated heterocycles. The molecule has 3 aromatic carbocycles. The molecule has 0 spiro atoms. The van der Waals surface area contributed by atoms with Gasteiger partial charge in [-0.2, -0.15) is 0 Å². The summed E-state index contributed by atoms with van der Waals surface area (Å²) in [6.07, 6.45) is 11.0. The van der Waals surface area contributed by atoms with Crippen molar-refractivity contribution < 1.29 is 47.6 Å². The number of hydrogen-bond donors (Lipinski definition) is 0. The summed E-state index contributed by atoms with van der Waals surface area (Å²) in [6.45, 7) is 6.53. The Bertz CT molecular complexity index is 1630. The largest absolute Gasteiger partial charge is 0.494 e. The second-order valence-electron chi connectivity index (χ2n) is 12.0. The molecular weight excluding hydrogens is 640 g/mol. The Balaban J connectivity index is 1.19. The Morgan fingerprint density at radius 3 is 2.00 bits per heavy atom. The zero-order valence-electron chi connectivity index (χ0n) is 28.7. The molecule has 0 bridgehead atoms. The summed E-state index contributed by atoms with van der Waals surface area (Å²) < 4.78 is 32.6. The van der Waals surface area contributed by atoms with Crippen LogP contribution in [-0.2, 0) is 19.1 Å². The fourth-order valence-corrected chi connectivity index (χ4v) is 5.17. The normalized spacial score (nSPS) is 12.7. The lowest BCUT2D eigenvalue weighted by atomic mass is 10.1. The fourth-order valence-electron chi connectivity index (χ4n) is 5.17. The van der Waals surface area contributed by atoms with Gasteiger partial charge in [0.1, 0.15) is 11.5 Å². The van der Waals surface area contributed by atoms with E-state index in [0.717, 1.165) is 38.5 Å². The topological polar surface area (TPSA) is 124 Å². The molecule has 10 nitrogen and oxygen atoms in total. The molecule has 1 aliphatic carbocycles. The third-order valence-corrected chi connectivity index (χ3v) is 8.02.